The fourth-order valence-electron chi connectivity index (χ4n) is 0.943. The van der Waals surface area contributed by atoms with Crippen LogP contribution in [0.2, 0.25) is 0 Å². The summed E-state index contributed by atoms with van der Waals surface area (Å²) in [6.07, 6.45) is -6.99. The molecule has 0 saturated heterocycles. The Kier molecular flexibility index (Phi) is 4.92. The van der Waals surface area contributed by atoms with Gasteiger partial charge < -0.3 is 10.4 Å². The summed E-state index contributed by atoms with van der Waals surface area (Å²) < 4.78 is 112. The first-order valence-corrected chi connectivity index (χ1v) is 5.07. The third kappa shape index (κ3) is 3.35. The van der Waals surface area contributed by atoms with E-state index >= 15 is 0 Å². The molecule has 0 bridgehead atoms. The van der Waals surface area contributed by atoms with Crippen molar-refractivity contribution in [3.05, 3.63) is 0 Å². The van der Waals surface area contributed by atoms with E-state index in [0.29, 0.717) is 0 Å². The molecule has 3 nitrogen and oxygen atoms in total. The maximum atomic E-state index is 13.1. The van der Waals surface area contributed by atoms with Crippen LogP contribution in [0.5, 0.6) is 0 Å². The van der Waals surface area contributed by atoms with Gasteiger partial charge in [0.2, 0.25) is 0 Å². The molecule has 126 valence electrons. The van der Waals surface area contributed by atoms with E-state index in [1.807, 2.05) is 0 Å². The highest BCUT2D eigenvalue weighted by atomic mass is 19.4. The van der Waals surface area contributed by atoms with Crippen LogP contribution in [0.4, 0.5) is 39.5 Å². The Morgan fingerprint density at radius 3 is 1.57 bits per heavy atom. The number of rotatable bonds is 5. The van der Waals surface area contributed by atoms with Crippen LogP contribution >= 0.6 is 0 Å². The minimum absolute atomic E-state index is 0.848. The minimum atomic E-state index is -7.13. The molecule has 0 aliphatic rings. The molecule has 0 aromatic heterocycles. The molecule has 0 heterocycles. The van der Waals surface area contributed by atoms with Gasteiger partial charge in [0.15, 0.2) is 0 Å². The van der Waals surface area contributed by atoms with E-state index in [-0.39, 0.29) is 0 Å². The molecule has 1 amide bonds. The van der Waals surface area contributed by atoms with Crippen LogP contribution in [0, 0.1) is 0 Å². The lowest BCUT2D eigenvalue weighted by molar-refractivity contribution is -0.388. The summed E-state index contributed by atoms with van der Waals surface area (Å²) in [6, 6.07) is 0. The van der Waals surface area contributed by atoms with E-state index in [1.54, 1.807) is 0 Å². The lowest BCUT2D eigenvalue weighted by Gasteiger charge is -2.34. The fourth-order valence-corrected chi connectivity index (χ4v) is 0.943. The standard InChI is InChI=1S/C9H10F9NO2/c1-5(2,3-20)19-4(21)6(10,11)7(12,13)8(14,15)9(16,17)18/h20H,3H2,1-2H3,(H,19,21). The SMILES string of the molecule is CC(C)(CO)NC(=O)C(F)(F)C(F)(F)C(F)(F)C(F)(F)F. The Morgan fingerprint density at radius 2 is 1.29 bits per heavy atom. The lowest BCUT2D eigenvalue weighted by atomic mass is 10.0. The second-order valence-corrected chi connectivity index (χ2v) is 4.72. The fraction of sp³-hybridized carbons (Fsp3) is 0.889. The monoisotopic (exact) mass is 335 g/mol. The van der Waals surface area contributed by atoms with Crippen molar-refractivity contribution in [3.63, 3.8) is 0 Å². The molecule has 0 rings (SSSR count). The quantitative estimate of drug-likeness (QED) is 0.758. The molecule has 2 N–H and O–H groups in total. The van der Waals surface area contributed by atoms with Crippen molar-refractivity contribution in [1.82, 2.24) is 5.32 Å². The Morgan fingerprint density at radius 1 is 0.905 bits per heavy atom. The van der Waals surface area contributed by atoms with Crippen LogP contribution in [0.25, 0.3) is 0 Å². The van der Waals surface area contributed by atoms with Crippen LogP contribution in [-0.2, 0) is 4.79 Å². The largest absolute Gasteiger partial charge is 0.460 e. The van der Waals surface area contributed by atoms with E-state index in [9.17, 15) is 44.3 Å². The zero-order valence-electron chi connectivity index (χ0n) is 10.5. The number of hydrogen-bond donors (Lipinski definition) is 2. The first-order chi connectivity index (χ1) is 8.94. The Bertz CT molecular complexity index is 403. The van der Waals surface area contributed by atoms with Crippen molar-refractivity contribution in [2.24, 2.45) is 0 Å². The molecule has 21 heavy (non-hydrogen) atoms. The van der Waals surface area contributed by atoms with Gasteiger partial charge in [0.05, 0.1) is 12.1 Å². The number of aliphatic hydroxyl groups is 1. The number of alkyl halides is 9. The predicted octanol–water partition coefficient (Wildman–Crippen LogP) is 2.34. The average Bonchev–Trinajstić information content (AvgIpc) is 2.26. The summed E-state index contributed by atoms with van der Waals surface area (Å²) in [4.78, 5) is 10.9. The lowest BCUT2D eigenvalue weighted by Crippen LogP contribution is -2.67. The Hall–Kier alpha value is -1.20. The van der Waals surface area contributed by atoms with Gasteiger partial charge in [0.25, 0.3) is 5.91 Å². The summed E-state index contributed by atoms with van der Waals surface area (Å²) >= 11 is 0. The zero-order chi connectivity index (χ0) is 17.5. The molecule has 0 unspecified atom stereocenters. The van der Waals surface area contributed by atoms with Crippen LogP contribution in [0.3, 0.4) is 0 Å². The number of aliphatic hydroxyl groups excluding tert-OH is 1. The molecule has 0 atom stereocenters. The molecular formula is C9H10F9NO2. The first-order valence-electron chi connectivity index (χ1n) is 5.07. The summed E-state index contributed by atoms with van der Waals surface area (Å²) in [7, 11) is 0. The maximum absolute atomic E-state index is 13.1. The van der Waals surface area contributed by atoms with Gasteiger partial charge in [0, 0.05) is 0 Å². The van der Waals surface area contributed by atoms with E-state index in [2.05, 4.69) is 0 Å². The highest BCUT2D eigenvalue weighted by molar-refractivity contribution is 5.85. The summed E-state index contributed by atoms with van der Waals surface area (Å²) in [5.74, 6) is -23.6. The van der Waals surface area contributed by atoms with Crippen molar-refractivity contribution in [1.29, 1.82) is 0 Å². The number of carbonyl (C=O) groups is 1. The van der Waals surface area contributed by atoms with Gasteiger partial charge in [-0.15, -0.1) is 0 Å². The molecular weight excluding hydrogens is 325 g/mol. The summed E-state index contributed by atoms with van der Waals surface area (Å²) in [5, 5.41) is 9.68. The van der Waals surface area contributed by atoms with E-state index in [1.165, 1.54) is 0 Å². The number of carbonyl (C=O) groups excluding carboxylic acids is 1. The number of amides is 1. The van der Waals surface area contributed by atoms with Crippen molar-refractivity contribution < 1.29 is 49.4 Å². The van der Waals surface area contributed by atoms with Gasteiger partial charge in [0.1, 0.15) is 0 Å². The maximum Gasteiger partial charge on any atom is 0.460 e. The number of halogens is 9. The van der Waals surface area contributed by atoms with Gasteiger partial charge in [-0.25, -0.2) is 0 Å². The summed E-state index contributed by atoms with van der Waals surface area (Å²) in [5.41, 5.74) is -1.94. The zero-order valence-corrected chi connectivity index (χ0v) is 10.5. The van der Waals surface area contributed by atoms with Gasteiger partial charge in [-0.1, -0.05) is 0 Å². The number of hydrogen-bond acceptors (Lipinski definition) is 2. The predicted molar refractivity (Wildman–Crippen MR) is 50.2 cm³/mol. The molecule has 0 radical (unpaired) electrons. The van der Waals surface area contributed by atoms with Gasteiger partial charge >= 0.3 is 23.9 Å². The smallest absolute Gasteiger partial charge is 0.394 e. The van der Waals surface area contributed by atoms with Crippen LogP contribution in [0.15, 0.2) is 0 Å². The van der Waals surface area contributed by atoms with E-state index < -0.39 is 42.0 Å². The second kappa shape index (κ2) is 5.21. The molecule has 12 heteroatoms. The van der Waals surface area contributed by atoms with Crippen LogP contribution < -0.4 is 5.32 Å². The van der Waals surface area contributed by atoms with Gasteiger partial charge in [-0.05, 0) is 13.8 Å². The molecule has 0 fully saturated rings. The van der Waals surface area contributed by atoms with Gasteiger partial charge in [-0.3, -0.25) is 4.79 Å². The highest BCUT2D eigenvalue weighted by Gasteiger charge is 2.83. The minimum Gasteiger partial charge on any atom is -0.394 e. The van der Waals surface area contributed by atoms with Gasteiger partial charge in [-0.2, -0.15) is 39.5 Å². The Labute approximate surface area is 112 Å². The highest BCUT2D eigenvalue weighted by Crippen LogP contribution is 2.53. The normalized spacial score (nSPS) is 15.0. The molecule has 0 aliphatic carbocycles. The molecule has 0 aromatic carbocycles. The average molecular weight is 335 g/mol. The van der Waals surface area contributed by atoms with Crippen LogP contribution in [-0.4, -0.2) is 47.1 Å². The third-order valence-corrected chi connectivity index (χ3v) is 2.28. The topological polar surface area (TPSA) is 49.3 Å². The number of nitrogens with one attached hydrogen (secondary N) is 1. The molecule has 0 spiro atoms. The van der Waals surface area contributed by atoms with Crippen molar-refractivity contribution in [3.8, 4) is 0 Å². The molecule has 0 aromatic rings. The van der Waals surface area contributed by atoms with Crippen LogP contribution in [0.1, 0.15) is 13.8 Å². The van der Waals surface area contributed by atoms with E-state index in [0.717, 1.165) is 19.2 Å². The first kappa shape index (κ1) is 19.8. The molecule has 0 aliphatic heterocycles. The van der Waals surface area contributed by atoms with Crippen molar-refractivity contribution in [2.45, 2.75) is 43.3 Å². The summed E-state index contributed by atoms with van der Waals surface area (Å²) in [6.45, 7) is 0.637. The Balaban J connectivity index is 5.64. The van der Waals surface area contributed by atoms with Crippen molar-refractivity contribution in [2.75, 3.05) is 6.61 Å². The van der Waals surface area contributed by atoms with E-state index in [4.69, 9.17) is 5.11 Å². The second-order valence-electron chi connectivity index (χ2n) is 4.72. The third-order valence-electron chi connectivity index (χ3n) is 2.28. The van der Waals surface area contributed by atoms with Crippen molar-refractivity contribution >= 4 is 5.91 Å². The molecule has 0 saturated carbocycles.